The summed E-state index contributed by atoms with van der Waals surface area (Å²) in [6.07, 6.45) is 3.74. The topological polar surface area (TPSA) is 79.5 Å². The van der Waals surface area contributed by atoms with E-state index in [2.05, 4.69) is 15.0 Å². The summed E-state index contributed by atoms with van der Waals surface area (Å²) >= 11 is 0. The number of rotatable bonds is 4. The Kier molecular flexibility index (Phi) is 3.03. The minimum Gasteiger partial charge on any atom is -0.481 e. The van der Waals surface area contributed by atoms with Gasteiger partial charge in [-0.25, -0.2) is 0 Å². The Labute approximate surface area is 105 Å². The summed E-state index contributed by atoms with van der Waals surface area (Å²) in [7, 11) is 0. The van der Waals surface area contributed by atoms with Crippen molar-refractivity contribution in [3.05, 3.63) is 11.7 Å². The van der Waals surface area contributed by atoms with Crippen LogP contribution in [0.25, 0.3) is 0 Å². The van der Waals surface area contributed by atoms with Crippen molar-refractivity contribution in [2.75, 3.05) is 13.1 Å². The predicted molar refractivity (Wildman–Crippen MR) is 61.9 cm³/mol. The van der Waals surface area contributed by atoms with Gasteiger partial charge in [0.1, 0.15) is 0 Å². The smallest absolute Gasteiger partial charge is 0.306 e. The molecular weight excluding hydrogens is 234 g/mol. The fourth-order valence-corrected chi connectivity index (χ4v) is 2.37. The van der Waals surface area contributed by atoms with E-state index in [-0.39, 0.29) is 5.92 Å². The zero-order chi connectivity index (χ0) is 12.5. The van der Waals surface area contributed by atoms with Gasteiger partial charge in [-0.15, -0.1) is 0 Å². The van der Waals surface area contributed by atoms with E-state index in [0.29, 0.717) is 25.3 Å². The van der Waals surface area contributed by atoms with Gasteiger partial charge in [-0.05, 0) is 38.8 Å². The second kappa shape index (κ2) is 4.68. The monoisotopic (exact) mass is 251 g/mol. The van der Waals surface area contributed by atoms with Gasteiger partial charge < -0.3 is 9.63 Å². The molecule has 6 nitrogen and oxygen atoms in total. The average Bonchev–Trinajstić information content (AvgIpc) is 3.11. The highest BCUT2D eigenvalue weighted by Gasteiger charge is 2.30. The van der Waals surface area contributed by atoms with E-state index >= 15 is 0 Å². The molecule has 0 bridgehead atoms. The Morgan fingerprint density at radius 1 is 1.33 bits per heavy atom. The Balaban J connectivity index is 1.52. The normalized spacial score (nSPS) is 22.2. The summed E-state index contributed by atoms with van der Waals surface area (Å²) in [5.74, 6) is 1.12. The lowest BCUT2D eigenvalue weighted by molar-refractivity contribution is -0.143. The number of hydrogen-bond acceptors (Lipinski definition) is 5. The maximum absolute atomic E-state index is 10.8. The lowest BCUT2D eigenvalue weighted by atomic mass is 9.97. The molecule has 1 aromatic rings. The van der Waals surface area contributed by atoms with Gasteiger partial charge in [0.2, 0.25) is 5.89 Å². The van der Waals surface area contributed by atoms with Crippen LogP contribution in [0.1, 0.15) is 43.3 Å². The van der Waals surface area contributed by atoms with Crippen molar-refractivity contribution in [3.63, 3.8) is 0 Å². The van der Waals surface area contributed by atoms with Crippen molar-refractivity contribution < 1.29 is 14.4 Å². The van der Waals surface area contributed by atoms with Gasteiger partial charge in [-0.1, -0.05) is 5.16 Å². The summed E-state index contributed by atoms with van der Waals surface area (Å²) in [6.45, 7) is 2.26. The van der Waals surface area contributed by atoms with Gasteiger partial charge in [-0.2, -0.15) is 4.98 Å². The Bertz CT molecular complexity index is 434. The van der Waals surface area contributed by atoms with Gasteiger partial charge in [0, 0.05) is 5.92 Å². The van der Waals surface area contributed by atoms with Crippen molar-refractivity contribution in [3.8, 4) is 0 Å². The number of carboxylic acids is 1. The van der Waals surface area contributed by atoms with Crippen LogP contribution in [0, 0.1) is 5.92 Å². The molecule has 1 N–H and O–H groups in total. The lowest BCUT2D eigenvalue weighted by Gasteiger charge is -2.28. The molecule has 1 aliphatic carbocycles. The van der Waals surface area contributed by atoms with E-state index in [1.807, 2.05) is 0 Å². The van der Waals surface area contributed by atoms with Crippen molar-refractivity contribution in [1.82, 2.24) is 15.0 Å². The summed E-state index contributed by atoms with van der Waals surface area (Å²) in [6, 6.07) is 0. The maximum Gasteiger partial charge on any atom is 0.306 e. The van der Waals surface area contributed by atoms with Crippen LogP contribution >= 0.6 is 0 Å². The van der Waals surface area contributed by atoms with E-state index in [1.165, 1.54) is 0 Å². The molecule has 18 heavy (non-hydrogen) atoms. The number of aliphatic carboxylic acids is 1. The number of piperidine rings is 1. The third-order valence-electron chi connectivity index (χ3n) is 3.71. The van der Waals surface area contributed by atoms with Crippen LogP contribution in [-0.4, -0.2) is 39.2 Å². The third kappa shape index (κ3) is 2.53. The molecule has 1 aromatic heterocycles. The molecule has 0 spiro atoms. The number of hydrogen-bond donors (Lipinski definition) is 1. The van der Waals surface area contributed by atoms with Gasteiger partial charge in [0.05, 0.1) is 12.5 Å². The zero-order valence-electron chi connectivity index (χ0n) is 10.2. The van der Waals surface area contributed by atoms with Crippen molar-refractivity contribution in [1.29, 1.82) is 0 Å². The van der Waals surface area contributed by atoms with Crippen LogP contribution in [0.5, 0.6) is 0 Å². The minimum absolute atomic E-state index is 0.187. The molecule has 2 aliphatic rings. The van der Waals surface area contributed by atoms with Crippen molar-refractivity contribution >= 4 is 5.97 Å². The fraction of sp³-hybridized carbons (Fsp3) is 0.750. The van der Waals surface area contributed by atoms with E-state index < -0.39 is 5.97 Å². The molecule has 0 unspecified atom stereocenters. The molecule has 2 fully saturated rings. The van der Waals surface area contributed by atoms with Gasteiger partial charge in [0.15, 0.2) is 5.82 Å². The van der Waals surface area contributed by atoms with E-state index in [0.717, 1.165) is 37.6 Å². The Hall–Kier alpha value is -1.43. The lowest BCUT2D eigenvalue weighted by Crippen LogP contribution is -2.36. The van der Waals surface area contributed by atoms with Crippen LogP contribution in [0.2, 0.25) is 0 Å². The fourth-order valence-electron chi connectivity index (χ4n) is 2.37. The first-order valence-electron chi connectivity index (χ1n) is 6.50. The molecule has 3 rings (SSSR count). The first-order chi connectivity index (χ1) is 8.72. The highest BCUT2D eigenvalue weighted by Crippen LogP contribution is 2.38. The number of aromatic nitrogens is 2. The van der Waals surface area contributed by atoms with Crippen LogP contribution in [0.15, 0.2) is 4.52 Å². The molecule has 0 aromatic carbocycles. The van der Waals surface area contributed by atoms with Crippen LogP contribution in [-0.2, 0) is 11.3 Å². The number of carboxylic acid groups (broad SMARTS) is 1. The maximum atomic E-state index is 10.8. The van der Waals surface area contributed by atoms with E-state index in [1.54, 1.807) is 0 Å². The largest absolute Gasteiger partial charge is 0.481 e. The summed E-state index contributed by atoms with van der Waals surface area (Å²) in [5, 5.41) is 12.9. The van der Waals surface area contributed by atoms with Crippen molar-refractivity contribution in [2.24, 2.45) is 5.92 Å². The summed E-state index contributed by atoms with van der Waals surface area (Å²) in [5.41, 5.74) is 0. The average molecular weight is 251 g/mol. The second-order valence-corrected chi connectivity index (χ2v) is 5.21. The molecule has 2 heterocycles. The summed E-state index contributed by atoms with van der Waals surface area (Å²) < 4.78 is 5.21. The summed E-state index contributed by atoms with van der Waals surface area (Å²) in [4.78, 5) is 17.4. The van der Waals surface area contributed by atoms with Gasteiger partial charge in [-0.3, -0.25) is 9.69 Å². The standard InChI is InChI=1S/C12H17N3O3/c16-12(17)9-3-5-15(6-4-9)7-10-13-11(18-14-10)8-1-2-8/h8-9H,1-7H2,(H,16,17). The molecule has 1 aliphatic heterocycles. The molecule has 1 saturated heterocycles. The quantitative estimate of drug-likeness (QED) is 0.867. The number of carbonyl (C=O) groups is 1. The molecule has 0 atom stereocenters. The molecule has 98 valence electrons. The number of likely N-dealkylation sites (tertiary alicyclic amines) is 1. The first kappa shape index (κ1) is 11.6. The molecule has 1 saturated carbocycles. The Morgan fingerprint density at radius 3 is 2.67 bits per heavy atom. The highest BCUT2D eigenvalue weighted by molar-refractivity contribution is 5.70. The molecule has 0 amide bonds. The van der Waals surface area contributed by atoms with E-state index in [9.17, 15) is 4.79 Å². The second-order valence-electron chi connectivity index (χ2n) is 5.21. The van der Waals surface area contributed by atoms with Crippen LogP contribution in [0.4, 0.5) is 0 Å². The molecule has 0 radical (unpaired) electrons. The van der Waals surface area contributed by atoms with Gasteiger partial charge in [0.25, 0.3) is 0 Å². The number of nitrogens with zero attached hydrogens (tertiary/aromatic N) is 3. The highest BCUT2D eigenvalue weighted by atomic mass is 16.5. The SMILES string of the molecule is O=C(O)C1CCN(Cc2noc(C3CC3)n2)CC1. The molecular formula is C12H17N3O3. The van der Waals surface area contributed by atoms with Crippen molar-refractivity contribution in [2.45, 2.75) is 38.1 Å². The third-order valence-corrected chi connectivity index (χ3v) is 3.71. The zero-order valence-corrected chi connectivity index (χ0v) is 10.2. The first-order valence-corrected chi connectivity index (χ1v) is 6.50. The van der Waals surface area contributed by atoms with E-state index in [4.69, 9.17) is 9.63 Å². The predicted octanol–water partition coefficient (Wildman–Crippen LogP) is 1.24. The minimum atomic E-state index is -0.676. The molecule has 6 heteroatoms. The van der Waals surface area contributed by atoms with Crippen LogP contribution in [0.3, 0.4) is 0 Å². The Morgan fingerprint density at radius 2 is 2.06 bits per heavy atom. The van der Waals surface area contributed by atoms with Gasteiger partial charge >= 0.3 is 5.97 Å². The van der Waals surface area contributed by atoms with Crippen LogP contribution < -0.4 is 0 Å².